The lowest BCUT2D eigenvalue weighted by Gasteiger charge is -2.31. The highest BCUT2D eigenvalue weighted by molar-refractivity contribution is 5.62. The first-order valence-electron chi connectivity index (χ1n) is 9.14. The number of aliphatic hydroxyl groups is 1. The molecule has 1 aliphatic rings. The quantitative estimate of drug-likeness (QED) is 0.778. The van der Waals surface area contributed by atoms with Crippen LogP contribution in [-0.4, -0.2) is 39.9 Å². The van der Waals surface area contributed by atoms with Crippen molar-refractivity contribution in [2.24, 2.45) is 5.92 Å². The van der Waals surface area contributed by atoms with Crippen molar-refractivity contribution in [3.63, 3.8) is 0 Å². The maximum Gasteiger partial charge on any atom is 0.0695 e. The van der Waals surface area contributed by atoms with E-state index in [1.54, 1.807) is 0 Å². The maximum atomic E-state index is 9.41. The monoisotopic (exact) mass is 327 g/mol. The molecule has 0 bridgehead atoms. The van der Waals surface area contributed by atoms with Gasteiger partial charge in [-0.3, -0.25) is 5.10 Å². The standard InChI is InChI=1S/C20H29N3O/c1-3-4-9-23(2)14-18-13-21-22-20(18)17-7-5-15(6-8-17)10-16-11-19(24)12-16/h5-8,13,16,19,24H,3-4,9-12,14H2,1-2H3,(H,21,22). The van der Waals surface area contributed by atoms with Gasteiger partial charge < -0.3 is 10.0 Å². The molecule has 0 saturated heterocycles. The van der Waals surface area contributed by atoms with Crippen LogP contribution in [0.1, 0.15) is 43.7 Å². The molecule has 0 amide bonds. The largest absolute Gasteiger partial charge is 0.393 e. The van der Waals surface area contributed by atoms with E-state index >= 15 is 0 Å². The van der Waals surface area contributed by atoms with Crippen molar-refractivity contribution in [1.29, 1.82) is 0 Å². The Morgan fingerprint density at radius 1 is 1.25 bits per heavy atom. The van der Waals surface area contributed by atoms with Gasteiger partial charge in [0.25, 0.3) is 0 Å². The van der Waals surface area contributed by atoms with Crippen LogP contribution in [0.25, 0.3) is 11.3 Å². The average Bonchev–Trinajstić information content (AvgIpc) is 3.00. The molecule has 24 heavy (non-hydrogen) atoms. The van der Waals surface area contributed by atoms with Gasteiger partial charge in [0.15, 0.2) is 0 Å². The number of H-pyrrole nitrogens is 1. The van der Waals surface area contributed by atoms with Gasteiger partial charge in [0.05, 0.1) is 18.0 Å². The number of nitrogens with zero attached hydrogens (tertiary/aromatic N) is 2. The summed E-state index contributed by atoms with van der Waals surface area (Å²) in [4.78, 5) is 2.36. The Morgan fingerprint density at radius 3 is 2.67 bits per heavy atom. The predicted molar refractivity (Wildman–Crippen MR) is 97.7 cm³/mol. The Kier molecular flexibility index (Phi) is 5.69. The molecular formula is C20H29N3O. The van der Waals surface area contributed by atoms with E-state index in [9.17, 15) is 5.11 Å². The normalized spacial score (nSPS) is 20.3. The van der Waals surface area contributed by atoms with Gasteiger partial charge in [-0.1, -0.05) is 37.6 Å². The second kappa shape index (κ2) is 7.95. The van der Waals surface area contributed by atoms with E-state index in [4.69, 9.17) is 0 Å². The van der Waals surface area contributed by atoms with Crippen LogP contribution in [0.5, 0.6) is 0 Å². The van der Waals surface area contributed by atoms with Crippen LogP contribution >= 0.6 is 0 Å². The number of aliphatic hydroxyl groups excluding tert-OH is 1. The minimum absolute atomic E-state index is 0.0634. The summed E-state index contributed by atoms with van der Waals surface area (Å²) in [7, 11) is 2.17. The lowest BCUT2D eigenvalue weighted by Crippen LogP contribution is -2.29. The van der Waals surface area contributed by atoms with Gasteiger partial charge in [-0.2, -0.15) is 5.10 Å². The van der Waals surface area contributed by atoms with E-state index in [0.717, 1.165) is 38.0 Å². The van der Waals surface area contributed by atoms with E-state index in [1.807, 2.05) is 6.20 Å². The highest BCUT2D eigenvalue weighted by atomic mass is 16.3. The van der Waals surface area contributed by atoms with Gasteiger partial charge >= 0.3 is 0 Å². The van der Waals surface area contributed by atoms with E-state index < -0.39 is 0 Å². The SMILES string of the molecule is CCCCN(C)Cc1cn[nH]c1-c1ccc(CC2CC(O)C2)cc1. The molecule has 1 heterocycles. The molecule has 130 valence electrons. The molecule has 2 N–H and O–H groups in total. The van der Waals surface area contributed by atoms with Crippen LogP contribution in [0.15, 0.2) is 30.5 Å². The van der Waals surface area contributed by atoms with Crippen molar-refractivity contribution >= 4 is 0 Å². The predicted octanol–water partition coefficient (Wildman–Crippen LogP) is 3.62. The minimum Gasteiger partial charge on any atom is -0.393 e. The van der Waals surface area contributed by atoms with Gasteiger partial charge in [0, 0.05) is 12.1 Å². The fraction of sp³-hybridized carbons (Fsp3) is 0.550. The van der Waals surface area contributed by atoms with E-state index in [1.165, 1.54) is 29.5 Å². The third kappa shape index (κ3) is 4.25. The Morgan fingerprint density at radius 2 is 2.00 bits per heavy atom. The summed E-state index contributed by atoms with van der Waals surface area (Å²) in [6, 6.07) is 8.80. The number of unbranched alkanes of at least 4 members (excludes halogenated alkanes) is 1. The zero-order chi connectivity index (χ0) is 16.9. The minimum atomic E-state index is -0.0634. The molecule has 0 atom stereocenters. The highest BCUT2D eigenvalue weighted by Gasteiger charge is 2.26. The zero-order valence-electron chi connectivity index (χ0n) is 14.8. The van der Waals surface area contributed by atoms with Crippen LogP contribution in [0.4, 0.5) is 0 Å². The molecule has 4 nitrogen and oxygen atoms in total. The summed E-state index contributed by atoms with van der Waals surface area (Å²) < 4.78 is 0. The molecule has 4 heteroatoms. The second-order valence-electron chi connectivity index (χ2n) is 7.25. The molecule has 1 saturated carbocycles. The summed E-state index contributed by atoms with van der Waals surface area (Å²) in [5.74, 6) is 0.654. The zero-order valence-corrected chi connectivity index (χ0v) is 14.8. The molecular weight excluding hydrogens is 298 g/mol. The second-order valence-corrected chi connectivity index (χ2v) is 7.25. The molecule has 0 aliphatic heterocycles. The molecule has 3 rings (SSSR count). The Hall–Kier alpha value is -1.65. The van der Waals surface area contributed by atoms with Crippen molar-refractivity contribution in [2.75, 3.05) is 13.6 Å². The Balaban J connectivity index is 1.63. The van der Waals surface area contributed by atoms with Gasteiger partial charge in [-0.05, 0) is 56.3 Å². The van der Waals surface area contributed by atoms with Gasteiger partial charge in [0.2, 0.25) is 0 Å². The highest BCUT2D eigenvalue weighted by Crippen LogP contribution is 2.31. The molecule has 1 aromatic carbocycles. The molecule has 0 spiro atoms. The first-order chi connectivity index (χ1) is 11.7. The first kappa shape index (κ1) is 17.2. The molecule has 1 aromatic heterocycles. The molecule has 1 aliphatic carbocycles. The number of aromatic amines is 1. The van der Waals surface area contributed by atoms with Crippen molar-refractivity contribution in [1.82, 2.24) is 15.1 Å². The fourth-order valence-electron chi connectivity index (χ4n) is 3.49. The van der Waals surface area contributed by atoms with Crippen molar-refractivity contribution in [2.45, 2.75) is 51.7 Å². The Labute approximate surface area is 144 Å². The fourth-order valence-corrected chi connectivity index (χ4v) is 3.49. The van der Waals surface area contributed by atoms with Crippen molar-refractivity contribution in [3.8, 4) is 11.3 Å². The number of hydrogen-bond donors (Lipinski definition) is 2. The molecule has 1 fully saturated rings. The molecule has 0 unspecified atom stereocenters. The lowest BCUT2D eigenvalue weighted by molar-refractivity contribution is 0.0432. The van der Waals surface area contributed by atoms with Gasteiger partial charge in [-0.15, -0.1) is 0 Å². The van der Waals surface area contributed by atoms with Crippen LogP contribution < -0.4 is 0 Å². The average molecular weight is 327 g/mol. The maximum absolute atomic E-state index is 9.41. The first-order valence-corrected chi connectivity index (χ1v) is 9.14. The smallest absolute Gasteiger partial charge is 0.0695 e. The molecule has 0 radical (unpaired) electrons. The third-order valence-corrected chi connectivity index (χ3v) is 5.03. The van der Waals surface area contributed by atoms with E-state index in [-0.39, 0.29) is 6.10 Å². The van der Waals surface area contributed by atoms with Crippen LogP contribution in [0, 0.1) is 5.92 Å². The summed E-state index contributed by atoms with van der Waals surface area (Å²) in [5, 5.41) is 16.8. The Bertz CT molecular complexity index is 629. The lowest BCUT2D eigenvalue weighted by atomic mass is 9.78. The van der Waals surface area contributed by atoms with Gasteiger partial charge in [-0.25, -0.2) is 0 Å². The number of hydrogen-bond acceptors (Lipinski definition) is 3. The molecule has 2 aromatic rings. The summed E-state index contributed by atoms with van der Waals surface area (Å²) in [6.07, 6.45) is 7.32. The summed E-state index contributed by atoms with van der Waals surface area (Å²) >= 11 is 0. The van der Waals surface area contributed by atoms with Crippen LogP contribution in [0.2, 0.25) is 0 Å². The number of rotatable bonds is 8. The van der Waals surface area contributed by atoms with Crippen molar-refractivity contribution in [3.05, 3.63) is 41.6 Å². The number of benzene rings is 1. The van der Waals surface area contributed by atoms with Crippen molar-refractivity contribution < 1.29 is 5.11 Å². The van der Waals surface area contributed by atoms with Crippen LogP contribution in [0.3, 0.4) is 0 Å². The topological polar surface area (TPSA) is 52.2 Å². The van der Waals surface area contributed by atoms with Crippen LogP contribution in [-0.2, 0) is 13.0 Å². The number of aromatic nitrogens is 2. The number of nitrogens with one attached hydrogen (secondary N) is 1. The summed E-state index contributed by atoms with van der Waals surface area (Å²) in [6.45, 7) is 4.27. The van der Waals surface area contributed by atoms with E-state index in [2.05, 4.69) is 53.3 Å². The third-order valence-electron chi connectivity index (χ3n) is 5.03. The summed E-state index contributed by atoms with van der Waals surface area (Å²) in [5.41, 5.74) is 4.94. The van der Waals surface area contributed by atoms with Gasteiger partial charge in [0.1, 0.15) is 0 Å². The van der Waals surface area contributed by atoms with E-state index in [0.29, 0.717) is 5.92 Å².